The topological polar surface area (TPSA) is 68.9 Å². The van der Waals surface area contributed by atoms with Crippen LogP contribution in [-0.4, -0.2) is 38.4 Å². The smallest absolute Gasteiger partial charge is 0.188 e. The molecule has 5 heteroatoms. The molecule has 22 heavy (non-hydrogen) atoms. The Hall–Kier alpha value is -1.75. The summed E-state index contributed by atoms with van der Waals surface area (Å²) in [6.07, 6.45) is 1.83. The van der Waals surface area contributed by atoms with Gasteiger partial charge in [-0.2, -0.15) is 0 Å². The Morgan fingerprint density at radius 1 is 1.32 bits per heavy atom. The van der Waals surface area contributed by atoms with Gasteiger partial charge < -0.3 is 20.5 Å². The lowest BCUT2D eigenvalue weighted by molar-refractivity contribution is 0.145. The third-order valence-electron chi connectivity index (χ3n) is 3.28. The highest BCUT2D eigenvalue weighted by molar-refractivity contribution is 5.77. The number of aryl methyl sites for hydroxylation is 1. The highest BCUT2D eigenvalue weighted by Crippen LogP contribution is 2.18. The zero-order chi connectivity index (χ0) is 16.2. The van der Waals surface area contributed by atoms with Gasteiger partial charge in [-0.15, -0.1) is 0 Å². The second-order valence-electron chi connectivity index (χ2n) is 5.12. The maximum Gasteiger partial charge on any atom is 0.188 e. The minimum absolute atomic E-state index is 0.0323. The summed E-state index contributed by atoms with van der Waals surface area (Å²) in [5.74, 6) is 1.37. The first-order valence-electron chi connectivity index (χ1n) is 8.01. The summed E-state index contributed by atoms with van der Waals surface area (Å²) in [6.45, 7) is 8.93. The van der Waals surface area contributed by atoms with E-state index >= 15 is 0 Å². The van der Waals surface area contributed by atoms with Crippen LogP contribution >= 0.6 is 0 Å². The molecule has 0 heterocycles. The van der Waals surface area contributed by atoms with Gasteiger partial charge in [0.1, 0.15) is 11.9 Å². The van der Waals surface area contributed by atoms with Gasteiger partial charge in [0, 0.05) is 19.8 Å². The van der Waals surface area contributed by atoms with Crippen molar-refractivity contribution in [3.63, 3.8) is 0 Å². The van der Waals surface area contributed by atoms with Crippen molar-refractivity contribution >= 4 is 5.96 Å². The molecule has 0 saturated heterocycles. The number of ether oxygens (including phenoxy) is 2. The number of aliphatic imine (C=N–C) groups is 1. The molecule has 0 aliphatic carbocycles. The first-order chi connectivity index (χ1) is 10.7. The molecule has 0 spiro atoms. The Kier molecular flexibility index (Phi) is 9.07. The van der Waals surface area contributed by atoms with Crippen LogP contribution in [-0.2, 0) is 4.74 Å². The van der Waals surface area contributed by atoms with Gasteiger partial charge >= 0.3 is 0 Å². The molecule has 0 saturated carbocycles. The minimum Gasteiger partial charge on any atom is -0.488 e. The molecular weight excluding hydrogens is 278 g/mol. The predicted molar refractivity (Wildman–Crippen MR) is 91.5 cm³/mol. The van der Waals surface area contributed by atoms with E-state index in [-0.39, 0.29) is 6.10 Å². The Labute approximate surface area is 133 Å². The summed E-state index contributed by atoms with van der Waals surface area (Å²) in [7, 11) is 0. The largest absolute Gasteiger partial charge is 0.488 e. The molecule has 1 rings (SSSR count). The molecule has 1 aromatic rings. The summed E-state index contributed by atoms with van der Waals surface area (Å²) in [4.78, 5) is 4.36. The molecule has 5 nitrogen and oxygen atoms in total. The Bertz CT molecular complexity index is 449. The molecule has 0 amide bonds. The van der Waals surface area contributed by atoms with E-state index in [9.17, 15) is 0 Å². The van der Waals surface area contributed by atoms with Crippen LogP contribution in [0.2, 0.25) is 0 Å². The lowest BCUT2D eigenvalue weighted by atomic mass is 10.2. The quantitative estimate of drug-likeness (QED) is 0.396. The SMILES string of the molecule is CCOCCCNC(N)=NCC(CC)Oc1ccccc1C. The van der Waals surface area contributed by atoms with Crippen molar-refractivity contribution in [2.75, 3.05) is 26.3 Å². The number of rotatable bonds is 10. The Morgan fingerprint density at radius 3 is 2.77 bits per heavy atom. The molecular formula is C17H29N3O2. The zero-order valence-corrected chi connectivity index (χ0v) is 14.0. The average molecular weight is 307 g/mol. The van der Waals surface area contributed by atoms with Crippen molar-refractivity contribution in [3.8, 4) is 5.75 Å². The van der Waals surface area contributed by atoms with E-state index in [1.165, 1.54) is 0 Å². The fourth-order valence-corrected chi connectivity index (χ4v) is 1.91. The summed E-state index contributed by atoms with van der Waals surface area (Å²) >= 11 is 0. The maximum atomic E-state index is 5.99. The van der Waals surface area contributed by atoms with Crippen LogP contribution < -0.4 is 15.8 Å². The molecule has 0 fully saturated rings. The van der Waals surface area contributed by atoms with E-state index in [1.807, 2.05) is 38.1 Å². The van der Waals surface area contributed by atoms with E-state index in [0.717, 1.165) is 43.9 Å². The fraction of sp³-hybridized carbons (Fsp3) is 0.588. The number of nitrogens with zero attached hydrogens (tertiary/aromatic N) is 1. The molecule has 0 aliphatic heterocycles. The first-order valence-corrected chi connectivity index (χ1v) is 8.01. The van der Waals surface area contributed by atoms with Gasteiger partial charge in [-0.1, -0.05) is 25.1 Å². The van der Waals surface area contributed by atoms with Crippen LogP contribution in [0.15, 0.2) is 29.3 Å². The van der Waals surface area contributed by atoms with Crippen molar-refractivity contribution in [1.82, 2.24) is 5.32 Å². The van der Waals surface area contributed by atoms with Crippen molar-refractivity contribution < 1.29 is 9.47 Å². The average Bonchev–Trinajstić information content (AvgIpc) is 2.53. The van der Waals surface area contributed by atoms with Crippen LogP contribution in [0.3, 0.4) is 0 Å². The molecule has 3 N–H and O–H groups in total. The normalized spacial score (nSPS) is 13.0. The van der Waals surface area contributed by atoms with E-state index in [2.05, 4.69) is 17.2 Å². The van der Waals surface area contributed by atoms with Crippen molar-refractivity contribution in [2.45, 2.75) is 39.7 Å². The Morgan fingerprint density at radius 2 is 2.09 bits per heavy atom. The van der Waals surface area contributed by atoms with E-state index in [1.54, 1.807) is 0 Å². The molecule has 0 bridgehead atoms. The molecule has 0 aromatic heterocycles. The summed E-state index contributed by atoms with van der Waals surface area (Å²) in [5.41, 5.74) is 6.99. The third kappa shape index (κ3) is 7.31. The maximum absolute atomic E-state index is 5.99. The lowest BCUT2D eigenvalue weighted by Gasteiger charge is -2.17. The van der Waals surface area contributed by atoms with Gasteiger partial charge in [0.05, 0.1) is 6.54 Å². The van der Waals surface area contributed by atoms with Gasteiger partial charge in [0.2, 0.25) is 0 Å². The summed E-state index contributed by atoms with van der Waals surface area (Å²) in [6, 6.07) is 8.01. The second kappa shape index (κ2) is 10.9. The second-order valence-corrected chi connectivity index (χ2v) is 5.12. The highest BCUT2D eigenvalue weighted by Gasteiger charge is 2.09. The molecule has 0 radical (unpaired) electrons. The van der Waals surface area contributed by atoms with Gasteiger partial charge in [-0.05, 0) is 38.3 Å². The van der Waals surface area contributed by atoms with Crippen LogP contribution in [0.5, 0.6) is 5.75 Å². The molecule has 1 unspecified atom stereocenters. The number of benzene rings is 1. The standard InChI is InChI=1S/C17H29N3O2/c1-4-15(22-16-10-7-6-9-14(16)3)13-20-17(18)19-11-8-12-21-5-2/h6-7,9-10,15H,4-5,8,11-13H2,1-3H3,(H3,18,19,20). The number of hydrogen-bond acceptors (Lipinski definition) is 3. The van der Waals surface area contributed by atoms with Gasteiger partial charge in [-0.25, -0.2) is 4.99 Å². The predicted octanol–water partition coefficient (Wildman–Crippen LogP) is 2.48. The molecule has 1 atom stereocenters. The highest BCUT2D eigenvalue weighted by atomic mass is 16.5. The number of nitrogens with two attached hydrogens (primary N) is 1. The van der Waals surface area contributed by atoms with Crippen LogP contribution in [0.25, 0.3) is 0 Å². The minimum atomic E-state index is 0.0323. The van der Waals surface area contributed by atoms with E-state index in [4.69, 9.17) is 15.2 Å². The van der Waals surface area contributed by atoms with E-state index in [0.29, 0.717) is 12.5 Å². The van der Waals surface area contributed by atoms with Crippen LogP contribution in [0, 0.1) is 6.92 Å². The van der Waals surface area contributed by atoms with Crippen molar-refractivity contribution in [3.05, 3.63) is 29.8 Å². The zero-order valence-electron chi connectivity index (χ0n) is 14.0. The van der Waals surface area contributed by atoms with Gasteiger partial charge in [0.25, 0.3) is 0 Å². The monoisotopic (exact) mass is 307 g/mol. The number of guanidine groups is 1. The molecule has 124 valence electrons. The van der Waals surface area contributed by atoms with E-state index < -0.39 is 0 Å². The first kappa shape index (κ1) is 18.3. The fourth-order valence-electron chi connectivity index (χ4n) is 1.91. The number of para-hydroxylation sites is 1. The van der Waals surface area contributed by atoms with Crippen LogP contribution in [0.4, 0.5) is 0 Å². The molecule has 1 aromatic carbocycles. The summed E-state index contributed by atoms with van der Waals surface area (Å²) < 4.78 is 11.3. The van der Waals surface area contributed by atoms with Gasteiger partial charge in [0.15, 0.2) is 5.96 Å². The third-order valence-corrected chi connectivity index (χ3v) is 3.28. The van der Waals surface area contributed by atoms with Gasteiger partial charge in [-0.3, -0.25) is 0 Å². The molecule has 0 aliphatic rings. The van der Waals surface area contributed by atoms with Crippen LogP contribution in [0.1, 0.15) is 32.3 Å². The summed E-state index contributed by atoms with van der Waals surface area (Å²) in [5, 5.41) is 3.09. The van der Waals surface area contributed by atoms with Crippen molar-refractivity contribution in [2.24, 2.45) is 10.7 Å². The lowest BCUT2D eigenvalue weighted by Crippen LogP contribution is -2.34. The Balaban J connectivity index is 2.36. The van der Waals surface area contributed by atoms with Crippen molar-refractivity contribution in [1.29, 1.82) is 0 Å². The number of hydrogen-bond donors (Lipinski definition) is 2. The number of nitrogens with one attached hydrogen (secondary N) is 1.